The van der Waals surface area contributed by atoms with Gasteiger partial charge in [-0.25, -0.2) is 0 Å². The molecule has 0 spiro atoms. The lowest BCUT2D eigenvalue weighted by Gasteiger charge is -2.23. The number of nitrogens with one attached hydrogen (secondary N) is 1. The fourth-order valence-corrected chi connectivity index (χ4v) is 2.57. The smallest absolute Gasteiger partial charge is 0.224 e. The minimum Gasteiger partial charge on any atom is -0.330 e. The molecular weight excluding hydrogens is 316 g/mol. The lowest BCUT2D eigenvalue weighted by atomic mass is 9.84. The third-order valence-electron chi connectivity index (χ3n) is 3.57. The van der Waals surface area contributed by atoms with Crippen LogP contribution in [0.15, 0.2) is 22.7 Å². The fourth-order valence-electron chi connectivity index (χ4n) is 2.16. The van der Waals surface area contributed by atoms with E-state index in [4.69, 9.17) is 5.73 Å². The highest BCUT2D eigenvalue weighted by atomic mass is 79.9. The number of benzene rings is 1. The minimum absolute atomic E-state index is 0.0760. The summed E-state index contributed by atoms with van der Waals surface area (Å²) in [6.45, 7) is 7.07. The van der Waals surface area contributed by atoms with E-state index in [0.717, 1.165) is 35.0 Å². The van der Waals surface area contributed by atoms with E-state index in [1.54, 1.807) is 0 Å². The molecule has 0 unspecified atom stereocenters. The number of carbonyl (C=O) groups excluding carboxylic acids is 1. The summed E-state index contributed by atoms with van der Waals surface area (Å²) in [5.41, 5.74) is 7.78. The number of anilines is 1. The van der Waals surface area contributed by atoms with Crippen LogP contribution in [0, 0.1) is 5.41 Å². The Morgan fingerprint density at radius 2 is 2.05 bits per heavy atom. The van der Waals surface area contributed by atoms with Crippen molar-refractivity contribution in [1.82, 2.24) is 0 Å². The molecule has 0 heterocycles. The van der Waals surface area contributed by atoms with Gasteiger partial charge < -0.3 is 11.1 Å². The first kappa shape index (κ1) is 17.2. The lowest BCUT2D eigenvalue weighted by molar-refractivity contribution is -0.116. The summed E-state index contributed by atoms with van der Waals surface area (Å²) < 4.78 is 1.04. The first-order valence-corrected chi connectivity index (χ1v) is 7.95. The van der Waals surface area contributed by atoms with Gasteiger partial charge >= 0.3 is 0 Å². The third kappa shape index (κ3) is 5.63. The van der Waals surface area contributed by atoms with Gasteiger partial charge in [0.2, 0.25) is 5.91 Å². The molecule has 3 N–H and O–H groups in total. The second kappa shape index (κ2) is 7.79. The van der Waals surface area contributed by atoms with E-state index in [2.05, 4.69) is 42.0 Å². The first-order chi connectivity index (χ1) is 9.38. The highest BCUT2D eigenvalue weighted by Crippen LogP contribution is 2.27. The lowest BCUT2D eigenvalue weighted by Crippen LogP contribution is -2.21. The molecule has 0 radical (unpaired) electrons. The van der Waals surface area contributed by atoms with Gasteiger partial charge in [-0.05, 0) is 55.0 Å². The van der Waals surface area contributed by atoms with Crippen molar-refractivity contribution in [1.29, 1.82) is 0 Å². The molecule has 20 heavy (non-hydrogen) atoms. The number of rotatable bonds is 7. The molecule has 4 heteroatoms. The van der Waals surface area contributed by atoms with Crippen molar-refractivity contribution in [3.8, 4) is 0 Å². The van der Waals surface area contributed by atoms with Crippen LogP contribution in [0.25, 0.3) is 0 Å². The van der Waals surface area contributed by atoms with E-state index in [1.807, 2.05) is 18.2 Å². The van der Waals surface area contributed by atoms with Gasteiger partial charge in [0.25, 0.3) is 0 Å². The van der Waals surface area contributed by atoms with E-state index in [0.29, 0.717) is 13.0 Å². The molecule has 0 aliphatic heterocycles. The van der Waals surface area contributed by atoms with Gasteiger partial charge in [0, 0.05) is 16.6 Å². The summed E-state index contributed by atoms with van der Waals surface area (Å²) in [5.74, 6) is 0.0760. The Morgan fingerprint density at radius 3 is 2.65 bits per heavy atom. The van der Waals surface area contributed by atoms with Gasteiger partial charge in [-0.3, -0.25) is 4.79 Å². The van der Waals surface area contributed by atoms with Crippen molar-refractivity contribution in [3.63, 3.8) is 0 Å². The summed E-state index contributed by atoms with van der Waals surface area (Å²) in [6.07, 6.45) is 3.23. The van der Waals surface area contributed by atoms with Crippen LogP contribution in [-0.4, -0.2) is 12.5 Å². The highest BCUT2D eigenvalue weighted by Gasteiger charge is 2.18. The van der Waals surface area contributed by atoms with E-state index in [9.17, 15) is 4.79 Å². The molecule has 1 aromatic carbocycles. The average molecular weight is 341 g/mol. The maximum atomic E-state index is 12.1. The molecule has 0 saturated heterocycles. The van der Waals surface area contributed by atoms with Crippen LogP contribution in [0.2, 0.25) is 0 Å². The van der Waals surface area contributed by atoms with Gasteiger partial charge in [-0.1, -0.05) is 36.7 Å². The van der Waals surface area contributed by atoms with Crippen LogP contribution in [-0.2, 0) is 11.2 Å². The first-order valence-electron chi connectivity index (χ1n) is 7.16. The molecule has 1 amide bonds. The Morgan fingerprint density at radius 1 is 1.35 bits per heavy atom. The predicted molar refractivity (Wildman–Crippen MR) is 88.8 cm³/mol. The van der Waals surface area contributed by atoms with Crippen molar-refractivity contribution < 1.29 is 4.79 Å². The quantitative estimate of drug-likeness (QED) is 0.784. The predicted octanol–water partition coefficient (Wildman–Crippen LogP) is 4.11. The molecule has 0 aliphatic rings. The van der Waals surface area contributed by atoms with Gasteiger partial charge in [0.15, 0.2) is 0 Å². The Labute approximate surface area is 130 Å². The van der Waals surface area contributed by atoms with Crippen LogP contribution in [0.3, 0.4) is 0 Å². The highest BCUT2D eigenvalue weighted by molar-refractivity contribution is 9.10. The summed E-state index contributed by atoms with van der Waals surface area (Å²) in [6, 6.07) is 5.95. The van der Waals surface area contributed by atoms with Crippen LogP contribution < -0.4 is 11.1 Å². The number of aryl methyl sites for hydroxylation is 1. The topological polar surface area (TPSA) is 55.1 Å². The standard InChI is InChI=1S/C16H25BrN2O/c1-4-12-11-13(17)5-6-14(12)19-15(20)7-8-16(2,3)9-10-18/h5-6,11H,4,7-10,18H2,1-3H3,(H,19,20). The van der Waals surface area contributed by atoms with E-state index < -0.39 is 0 Å². The van der Waals surface area contributed by atoms with Crippen molar-refractivity contribution in [2.45, 2.75) is 46.5 Å². The van der Waals surface area contributed by atoms with E-state index in [-0.39, 0.29) is 11.3 Å². The van der Waals surface area contributed by atoms with Crippen LogP contribution >= 0.6 is 15.9 Å². The Hall–Kier alpha value is -0.870. The van der Waals surface area contributed by atoms with Crippen molar-refractivity contribution in [2.24, 2.45) is 11.1 Å². The van der Waals surface area contributed by atoms with E-state index >= 15 is 0 Å². The Bertz CT molecular complexity index is 458. The van der Waals surface area contributed by atoms with Gasteiger partial charge in [0.05, 0.1) is 0 Å². The molecular formula is C16H25BrN2O. The molecule has 0 bridgehead atoms. The molecule has 0 aliphatic carbocycles. The largest absolute Gasteiger partial charge is 0.330 e. The van der Waals surface area contributed by atoms with Gasteiger partial charge in [0.1, 0.15) is 0 Å². The molecule has 1 rings (SSSR count). The molecule has 1 aromatic rings. The number of carbonyl (C=O) groups is 1. The zero-order valence-corrected chi connectivity index (χ0v) is 14.2. The second-order valence-electron chi connectivity index (χ2n) is 5.91. The molecule has 0 aromatic heterocycles. The molecule has 112 valence electrons. The molecule has 0 atom stereocenters. The summed E-state index contributed by atoms with van der Waals surface area (Å²) >= 11 is 3.45. The van der Waals surface area contributed by atoms with Crippen LogP contribution in [0.4, 0.5) is 5.69 Å². The zero-order valence-electron chi connectivity index (χ0n) is 12.6. The van der Waals surface area contributed by atoms with Gasteiger partial charge in [-0.2, -0.15) is 0 Å². The number of amides is 1. The number of halogens is 1. The fraction of sp³-hybridized carbons (Fsp3) is 0.562. The van der Waals surface area contributed by atoms with Crippen molar-refractivity contribution in [3.05, 3.63) is 28.2 Å². The molecule has 3 nitrogen and oxygen atoms in total. The monoisotopic (exact) mass is 340 g/mol. The summed E-state index contributed by atoms with van der Waals surface area (Å²) in [7, 11) is 0. The average Bonchev–Trinajstić information content (AvgIpc) is 2.38. The van der Waals surface area contributed by atoms with Crippen LogP contribution in [0.1, 0.15) is 45.6 Å². The van der Waals surface area contributed by atoms with Gasteiger partial charge in [-0.15, -0.1) is 0 Å². The molecule has 0 saturated carbocycles. The third-order valence-corrected chi connectivity index (χ3v) is 4.07. The maximum Gasteiger partial charge on any atom is 0.224 e. The molecule has 0 fully saturated rings. The minimum atomic E-state index is 0.0760. The number of nitrogens with two attached hydrogens (primary N) is 1. The summed E-state index contributed by atoms with van der Waals surface area (Å²) in [5, 5.41) is 3.01. The number of hydrogen-bond acceptors (Lipinski definition) is 2. The Kier molecular flexibility index (Phi) is 6.69. The van der Waals surface area contributed by atoms with Crippen LogP contribution in [0.5, 0.6) is 0 Å². The maximum absolute atomic E-state index is 12.1. The van der Waals surface area contributed by atoms with E-state index in [1.165, 1.54) is 0 Å². The normalized spacial score (nSPS) is 11.4. The number of hydrogen-bond donors (Lipinski definition) is 2. The van der Waals surface area contributed by atoms with Crippen molar-refractivity contribution in [2.75, 3.05) is 11.9 Å². The second-order valence-corrected chi connectivity index (χ2v) is 6.82. The van der Waals surface area contributed by atoms with Crippen molar-refractivity contribution >= 4 is 27.5 Å². The Balaban J connectivity index is 2.59. The zero-order chi connectivity index (χ0) is 15.2. The SMILES string of the molecule is CCc1cc(Br)ccc1NC(=O)CCC(C)(C)CCN. The summed E-state index contributed by atoms with van der Waals surface area (Å²) in [4.78, 5) is 12.1.